The van der Waals surface area contributed by atoms with Crippen LogP contribution in [0.3, 0.4) is 0 Å². The second-order valence-electron chi connectivity index (χ2n) is 7.53. The van der Waals surface area contributed by atoms with E-state index in [4.69, 9.17) is 4.74 Å². The summed E-state index contributed by atoms with van der Waals surface area (Å²) in [6, 6.07) is 21.0. The average molecular weight is 415 g/mol. The third kappa shape index (κ3) is 5.35. The molecular formula is C22H27ClN4O2. The maximum Gasteiger partial charge on any atom is 0.340 e. The number of nitrogens with one attached hydrogen (secondary N) is 2. The second kappa shape index (κ2) is 9.87. The maximum absolute atomic E-state index is 11.2. The van der Waals surface area contributed by atoms with Crippen molar-refractivity contribution in [1.82, 2.24) is 20.1 Å². The summed E-state index contributed by atoms with van der Waals surface area (Å²) >= 11 is 0. The van der Waals surface area contributed by atoms with Crippen molar-refractivity contribution in [3.8, 4) is 0 Å². The number of aromatic amines is 2. The number of aromatic nitrogens is 3. The predicted molar refractivity (Wildman–Crippen MR) is 115 cm³/mol. The van der Waals surface area contributed by atoms with E-state index in [0.717, 1.165) is 25.9 Å². The molecule has 1 saturated heterocycles. The number of likely N-dealkylation sites (tertiary alicyclic amines) is 1. The molecule has 0 amide bonds. The summed E-state index contributed by atoms with van der Waals surface area (Å²) in [6.45, 7) is 3.89. The van der Waals surface area contributed by atoms with Crippen molar-refractivity contribution in [1.29, 1.82) is 0 Å². The molecule has 0 aliphatic carbocycles. The monoisotopic (exact) mass is 414 g/mol. The number of ether oxygens (including phenoxy) is 1. The van der Waals surface area contributed by atoms with Gasteiger partial charge in [0.25, 0.3) is 0 Å². The van der Waals surface area contributed by atoms with Crippen LogP contribution in [0, 0.1) is 0 Å². The highest BCUT2D eigenvalue weighted by Gasteiger charge is 2.36. The first-order valence-corrected chi connectivity index (χ1v) is 9.77. The lowest BCUT2D eigenvalue weighted by molar-refractivity contribution is 0.0342. The first-order valence-electron chi connectivity index (χ1n) is 9.77. The first kappa shape index (κ1) is 21.3. The summed E-state index contributed by atoms with van der Waals surface area (Å²) < 4.78 is 6.19. The average Bonchev–Trinajstić information content (AvgIpc) is 3.15. The van der Waals surface area contributed by atoms with Crippen molar-refractivity contribution in [2.45, 2.75) is 31.4 Å². The van der Waals surface area contributed by atoms with Crippen molar-refractivity contribution >= 4 is 12.4 Å². The van der Waals surface area contributed by atoms with Crippen molar-refractivity contribution < 1.29 is 4.74 Å². The first-order chi connectivity index (χ1) is 13.7. The molecule has 3 aromatic rings. The summed E-state index contributed by atoms with van der Waals surface area (Å²) in [7, 11) is 0. The Hall–Kier alpha value is -2.41. The molecule has 6 nitrogen and oxygen atoms in total. The number of piperidine rings is 1. The molecule has 2 heterocycles. The Balaban J connectivity index is 0.00000240. The number of nitrogens with zero attached hydrogens (tertiary/aromatic N) is 2. The van der Waals surface area contributed by atoms with Gasteiger partial charge in [-0.05, 0) is 37.1 Å². The van der Waals surface area contributed by atoms with Gasteiger partial charge in [0.05, 0.1) is 19.8 Å². The van der Waals surface area contributed by atoms with Gasteiger partial charge in [0, 0.05) is 5.41 Å². The van der Waals surface area contributed by atoms with Crippen molar-refractivity contribution in [2.75, 3.05) is 19.7 Å². The minimum absolute atomic E-state index is 0. The zero-order chi connectivity index (χ0) is 19.2. The minimum atomic E-state index is -0.250. The van der Waals surface area contributed by atoms with Crippen LogP contribution in [0.4, 0.5) is 0 Å². The van der Waals surface area contributed by atoms with E-state index in [2.05, 4.69) is 62.5 Å². The van der Waals surface area contributed by atoms with Gasteiger partial charge < -0.3 is 4.74 Å². The molecule has 0 atom stereocenters. The van der Waals surface area contributed by atoms with Gasteiger partial charge in [-0.25, -0.2) is 9.89 Å². The van der Waals surface area contributed by atoms with E-state index in [1.165, 1.54) is 11.1 Å². The van der Waals surface area contributed by atoms with Crippen LogP contribution in [0.1, 0.15) is 29.8 Å². The lowest BCUT2D eigenvalue weighted by Gasteiger charge is -2.42. The topological polar surface area (TPSA) is 74.0 Å². The van der Waals surface area contributed by atoms with Crippen LogP contribution in [-0.4, -0.2) is 39.8 Å². The molecule has 7 heteroatoms. The molecule has 0 unspecified atom stereocenters. The van der Waals surface area contributed by atoms with Crippen molar-refractivity contribution in [2.24, 2.45) is 0 Å². The fourth-order valence-electron chi connectivity index (χ4n) is 3.98. The van der Waals surface area contributed by atoms with Gasteiger partial charge in [0.2, 0.25) is 0 Å². The number of H-pyrrole nitrogens is 2. The Labute approximate surface area is 176 Å². The molecule has 1 aliphatic heterocycles. The number of halogens is 1. The van der Waals surface area contributed by atoms with E-state index >= 15 is 0 Å². The molecule has 0 saturated carbocycles. The lowest BCUT2D eigenvalue weighted by Crippen LogP contribution is -2.45. The van der Waals surface area contributed by atoms with E-state index < -0.39 is 0 Å². The molecular weight excluding hydrogens is 388 g/mol. The number of hydrogen-bond acceptors (Lipinski definition) is 4. The van der Waals surface area contributed by atoms with Crippen LogP contribution in [0.25, 0.3) is 0 Å². The van der Waals surface area contributed by atoms with E-state index in [-0.39, 0.29) is 23.5 Å². The van der Waals surface area contributed by atoms with Crippen LogP contribution in [0.2, 0.25) is 0 Å². The number of rotatable bonds is 7. The van der Waals surface area contributed by atoms with Gasteiger partial charge in [0.15, 0.2) is 0 Å². The quantitative estimate of drug-likeness (QED) is 0.622. The van der Waals surface area contributed by atoms with Gasteiger partial charge in [-0.2, -0.15) is 5.10 Å². The zero-order valence-electron chi connectivity index (χ0n) is 16.3. The molecule has 0 spiro atoms. The predicted octanol–water partition coefficient (Wildman–Crippen LogP) is 3.27. The van der Waals surface area contributed by atoms with Gasteiger partial charge in [-0.1, -0.05) is 60.7 Å². The normalized spacial score (nSPS) is 16.3. The van der Waals surface area contributed by atoms with E-state index in [1.54, 1.807) is 0 Å². The SMILES string of the molecule is Cl.O=c1[nH]nc(CN2CCC(COCc3ccccc3)(c3ccccc3)CC2)[nH]1. The van der Waals surface area contributed by atoms with Gasteiger partial charge >= 0.3 is 5.69 Å². The van der Waals surface area contributed by atoms with Crippen LogP contribution in [0.5, 0.6) is 0 Å². The highest BCUT2D eigenvalue weighted by Crippen LogP contribution is 2.36. The zero-order valence-corrected chi connectivity index (χ0v) is 17.2. The summed E-state index contributed by atoms with van der Waals surface area (Å²) in [5.74, 6) is 0.692. The van der Waals surface area contributed by atoms with Crippen LogP contribution < -0.4 is 5.69 Å². The molecule has 1 aliphatic rings. The largest absolute Gasteiger partial charge is 0.376 e. The standard InChI is InChI=1S/C22H26N4O2.ClH/c27-21-23-20(24-25-21)15-26-13-11-22(12-14-26,19-9-5-2-6-10-19)17-28-16-18-7-3-1-4-8-18;/h1-10H,11-17H2,(H2,23,24,25,27);1H. The van der Waals surface area contributed by atoms with E-state index in [1.807, 2.05) is 18.2 Å². The number of hydrogen-bond donors (Lipinski definition) is 2. The minimum Gasteiger partial charge on any atom is -0.376 e. The molecule has 154 valence electrons. The fraction of sp³-hybridized carbons (Fsp3) is 0.364. The smallest absolute Gasteiger partial charge is 0.340 e. The van der Waals surface area contributed by atoms with Gasteiger partial charge in [0.1, 0.15) is 5.82 Å². The van der Waals surface area contributed by atoms with Crippen molar-refractivity contribution in [3.05, 3.63) is 88.1 Å². The molecule has 2 N–H and O–H groups in total. The van der Waals surface area contributed by atoms with Gasteiger partial charge in [-0.15, -0.1) is 12.4 Å². The molecule has 1 fully saturated rings. The Morgan fingerprint density at radius 2 is 1.66 bits per heavy atom. The van der Waals surface area contributed by atoms with Crippen molar-refractivity contribution in [3.63, 3.8) is 0 Å². The molecule has 29 heavy (non-hydrogen) atoms. The second-order valence-corrected chi connectivity index (χ2v) is 7.53. The van der Waals surface area contributed by atoms with Crippen LogP contribution >= 0.6 is 12.4 Å². The third-order valence-electron chi connectivity index (χ3n) is 5.61. The Morgan fingerprint density at radius 3 is 2.28 bits per heavy atom. The van der Waals surface area contributed by atoms with E-state index in [0.29, 0.717) is 25.6 Å². The Morgan fingerprint density at radius 1 is 1.00 bits per heavy atom. The van der Waals surface area contributed by atoms with Gasteiger partial charge in [-0.3, -0.25) is 9.88 Å². The highest BCUT2D eigenvalue weighted by atomic mass is 35.5. The lowest BCUT2D eigenvalue weighted by atomic mass is 9.73. The number of benzene rings is 2. The summed E-state index contributed by atoms with van der Waals surface area (Å²) in [5, 5.41) is 6.46. The Bertz CT molecular complexity index is 919. The Kier molecular flexibility index (Phi) is 7.25. The van der Waals surface area contributed by atoms with Crippen LogP contribution in [-0.2, 0) is 23.3 Å². The highest BCUT2D eigenvalue weighted by molar-refractivity contribution is 5.85. The molecule has 0 radical (unpaired) electrons. The van der Waals surface area contributed by atoms with E-state index in [9.17, 15) is 4.79 Å². The summed E-state index contributed by atoms with van der Waals surface area (Å²) in [5.41, 5.74) is 2.31. The molecule has 0 bridgehead atoms. The third-order valence-corrected chi connectivity index (χ3v) is 5.61. The molecule has 1 aromatic heterocycles. The fourth-order valence-corrected chi connectivity index (χ4v) is 3.98. The molecule has 4 rings (SSSR count). The summed E-state index contributed by atoms with van der Waals surface area (Å²) in [6.07, 6.45) is 2.03. The maximum atomic E-state index is 11.2. The van der Waals surface area contributed by atoms with Crippen LogP contribution in [0.15, 0.2) is 65.5 Å². The molecule has 2 aromatic carbocycles. The summed E-state index contributed by atoms with van der Waals surface area (Å²) in [4.78, 5) is 16.3.